The van der Waals surface area contributed by atoms with Crippen LogP contribution in [0, 0.1) is 17.8 Å². The zero-order valence-electron chi connectivity index (χ0n) is 24.3. The lowest BCUT2D eigenvalue weighted by molar-refractivity contribution is -0.00660. The van der Waals surface area contributed by atoms with E-state index < -0.39 is 5.97 Å². The van der Waals surface area contributed by atoms with Gasteiger partial charge in [-0.25, -0.2) is 4.79 Å². The van der Waals surface area contributed by atoms with Gasteiger partial charge in [-0.15, -0.1) is 0 Å². The van der Waals surface area contributed by atoms with Gasteiger partial charge < -0.3 is 14.8 Å². The van der Waals surface area contributed by atoms with Crippen molar-refractivity contribution in [3.8, 4) is 22.6 Å². The van der Waals surface area contributed by atoms with E-state index in [0.717, 1.165) is 56.1 Å². The van der Waals surface area contributed by atoms with E-state index in [4.69, 9.17) is 4.74 Å². The number of benzene rings is 4. The molecule has 0 saturated heterocycles. The van der Waals surface area contributed by atoms with Crippen molar-refractivity contribution < 1.29 is 14.6 Å². The predicted octanol–water partition coefficient (Wildman–Crippen LogP) is 9.50. The minimum atomic E-state index is -0.538. The lowest BCUT2D eigenvalue weighted by atomic mass is 9.48. The van der Waals surface area contributed by atoms with Gasteiger partial charge in [-0.2, -0.15) is 0 Å². The number of fused-ring (bicyclic) bond motifs is 2. The van der Waals surface area contributed by atoms with E-state index in [1.807, 2.05) is 42.5 Å². The van der Waals surface area contributed by atoms with Crippen molar-refractivity contribution in [2.45, 2.75) is 63.7 Å². The van der Waals surface area contributed by atoms with E-state index >= 15 is 0 Å². The maximum atomic E-state index is 13.9. The Kier molecular flexibility index (Phi) is 5.79. The highest BCUT2D eigenvalue weighted by Gasteiger charge is 2.53. The third-order valence-corrected chi connectivity index (χ3v) is 10.5. The molecule has 4 bridgehead atoms. The molecule has 9 rings (SSSR count). The number of nitrogens with one attached hydrogen (secondary N) is 1. The smallest absolute Gasteiger partial charge is 0.347 e. The Hall–Kier alpha value is -4.05. The Morgan fingerprint density at radius 3 is 2.17 bits per heavy atom. The number of rotatable bonds is 5. The molecule has 42 heavy (non-hydrogen) atoms. The number of ether oxygens (including phenoxy) is 1. The number of phenolic OH excluding ortho intramolecular Hbond substituents is 1. The molecule has 2 N–H and O–H groups in total. The molecule has 0 unspecified atom stereocenters. The van der Waals surface area contributed by atoms with Gasteiger partial charge in [0.1, 0.15) is 17.1 Å². The lowest BCUT2D eigenvalue weighted by Crippen LogP contribution is -2.48. The monoisotopic (exact) mass is 555 g/mol. The van der Waals surface area contributed by atoms with Crippen molar-refractivity contribution in [1.82, 2.24) is 4.98 Å². The lowest BCUT2D eigenvalue weighted by Gasteiger charge is -2.56. The number of phenols is 1. The third-order valence-electron chi connectivity index (χ3n) is 10.5. The first kappa shape index (κ1) is 25.6. The van der Waals surface area contributed by atoms with Crippen LogP contribution in [-0.4, -0.2) is 16.1 Å². The standard InChI is InChI=1S/C38H37NO3/c1-22(2)27-10-6-8-14-32(27)42-37(41)30-18-26-9-3-4-11-28(26)33(35(30)40)34-29-12-5-7-13-31(29)39-36(34)38-19-23-15-24(20-38)17-25(16-23)21-38/h3-14,18,22-25,39-40H,15-17,19-21H2,1-2H3. The van der Waals surface area contributed by atoms with Crippen LogP contribution in [0.2, 0.25) is 0 Å². The number of aromatic nitrogens is 1. The van der Waals surface area contributed by atoms with E-state index in [1.54, 1.807) is 6.07 Å². The van der Waals surface area contributed by atoms with Gasteiger partial charge in [-0.1, -0.05) is 74.5 Å². The summed E-state index contributed by atoms with van der Waals surface area (Å²) in [7, 11) is 0. The van der Waals surface area contributed by atoms with E-state index in [1.165, 1.54) is 44.2 Å². The highest BCUT2D eigenvalue weighted by Crippen LogP contribution is 2.62. The quantitative estimate of drug-likeness (QED) is 0.168. The Labute approximate surface area is 246 Å². The fourth-order valence-electron chi connectivity index (χ4n) is 9.17. The summed E-state index contributed by atoms with van der Waals surface area (Å²) in [4.78, 5) is 17.7. The first-order valence-corrected chi connectivity index (χ1v) is 15.6. The zero-order valence-corrected chi connectivity index (χ0v) is 24.3. The highest BCUT2D eigenvalue weighted by molar-refractivity contribution is 6.13. The number of hydrogen-bond acceptors (Lipinski definition) is 3. The van der Waals surface area contributed by atoms with Crippen molar-refractivity contribution in [3.05, 3.63) is 95.7 Å². The second-order valence-electron chi connectivity index (χ2n) is 13.6. The van der Waals surface area contributed by atoms with Crippen LogP contribution in [0.4, 0.5) is 0 Å². The van der Waals surface area contributed by atoms with Crippen molar-refractivity contribution in [2.75, 3.05) is 0 Å². The zero-order chi connectivity index (χ0) is 28.6. The minimum absolute atomic E-state index is 0.00328. The van der Waals surface area contributed by atoms with E-state index in [-0.39, 0.29) is 22.6 Å². The summed E-state index contributed by atoms with van der Waals surface area (Å²) in [6.07, 6.45) is 7.69. The molecule has 4 aromatic carbocycles. The average molecular weight is 556 g/mol. The number of hydrogen-bond donors (Lipinski definition) is 2. The summed E-state index contributed by atoms with van der Waals surface area (Å²) in [6, 6.07) is 26.0. The molecule has 1 aromatic heterocycles. The van der Waals surface area contributed by atoms with Crippen LogP contribution >= 0.6 is 0 Å². The Bertz CT molecular complexity index is 1830. The molecule has 4 fully saturated rings. The summed E-state index contributed by atoms with van der Waals surface area (Å²) in [5, 5.41) is 15.1. The molecule has 5 aromatic rings. The summed E-state index contributed by atoms with van der Waals surface area (Å²) in [5.41, 5.74) is 5.36. The van der Waals surface area contributed by atoms with Crippen LogP contribution in [0.1, 0.15) is 79.9 Å². The van der Waals surface area contributed by atoms with Gasteiger partial charge in [0.05, 0.1) is 0 Å². The number of carbonyl (C=O) groups excluding carboxylic acids is 1. The molecule has 212 valence electrons. The number of aromatic amines is 1. The molecule has 4 aliphatic carbocycles. The van der Waals surface area contributed by atoms with Crippen LogP contribution in [0.3, 0.4) is 0 Å². The normalized spacial score (nSPS) is 24.6. The number of H-pyrrole nitrogens is 1. The molecule has 4 saturated carbocycles. The summed E-state index contributed by atoms with van der Waals surface area (Å²) in [6.45, 7) is 4.17. The summed E-state index contributed by atoms with van der Waals surface area (Å²) < 4.78 is 6.01. The van der Waals surface area contributed by atoms with Gasteiger partial charge >= 0.3 is 5.97 Å². The van der Waals surface area contributed by atoms with Crippen molar-refractivity contribution in [3.63, 3.8) is 0 Å². The Morgan fingerprint density at radius 2 is 1.45 bits per heavy atom. The van der Waals surface area contributed by atoms with Crippen molar-refractivity contribution in [1.29, 1.82) is 0 Å². The molecular formula is C38H37NO3. The fourth-order valence-corrected chi connectivity index (χ4v) is 9.17. The number of aromatic hydroxyl groups is 1. The Morgan fingerprint density at radius 1 is 0.833 bits per heavy atom. The van der Waals surface area contributed by atoms with Crippen LogP contribution in [0.25, 0.3) is 32.8 Å². The maximum Gasteiger partial charge on any atom is 0.347 e. The van der Waals surface area contributed by atoms with Gasteiger partial charge in [-0.3, -0.25) is 0 Å². The molecule has 0 radical (unpaired) electrons. The van der Waals surface area contributed by atoms with Gasteiger partial charge in [0.15, 0.2) is 0 Å². The number of para-hydroxylation sites is 2. The van der Waals surface area contributed by atoms with Gasteiger partial charge in [0.25, 0.3) is 0 Å². The van der Waals surface area contributed by atoms with Crippen LogP contribution in [-0.2, 0) is 5.41 Å². The summed E-state index contributed by atoms with van der Waals surface area (Å²) >= 11 is 0. The number of carbonyl (C=O) groups is 1. The van der Waals surface area contributed by atoms with Gasteiger partial charge in [0.2, 0.25) is 0 Å². The Balaban J connectivity index is 1.35. The minimum Gasteiger partial charge on any atom is -0.506 e. The van der Waals surface area contributed by atoms with Crippen LogP contribution in [0.5, 0.6) is 11.5 Å². The molecule has 4 heteroatoms. The topological polar surface area (TPSA) is 62.3 Å². The van der Waals surface area contributed by atoms with E-state index in [0.29, 0.717) is 5.75 Å². The predicted molar refractivity (Wildman–Crippen MR) is 168 cm³/mol. The number of esters is 1. The fraction of sp³-hybridized carbons (Fsp3) is 0.342. The maximum absolute atomic E-state index is 13.9. The second-order valence-corrected chi connectivity index (χ2v) is 13.6. The molecule has 0 spiro atoms. The first-order chi connectivity index (χ1) is 20.4. The average Bonchev–Trinajstić information content (AvgIpc) is 3.36. The molecule has 0 aliphatic heterocycles. The van der Waals surface area contributed by atoms with Crippen LogP contribution in [0.15, 0.2) is 78.9 Å². The second kappa shape index (κ2) is 9.49. The van der Waals surface area contributed by atoms with Crippen molar-refractivity contribution >= 4 is 27.6 Å². The molecule has 4 aliphatic rings. The van der Waals surface area contributed by atoms with Crippen LogP contribution < -0.4 is 4.74 Å². The highest BCUT2D eigenvalue weighted by atomic mass is 16.5. The third kappa shape index (κ3) is 3.91. The SMILES string of the molecule is CC(C)c1ccccc1OC(=O)c1cc2ccccc2c(-c2c(C34CC5CC(CC(C5)C3)C4)[nH]c3ccccc23)c1O. The molecule has 1 heterocycles. The molecule has 4 nitrogen and oxygen atoms in total. The first-order valence-electron chi connectivity index (χ1n) is 15.6. The van der Waals surface area contributed by atoms with Gasteiger partial charge in [0, 0.05) is 33.1 Å². The largest absolute Gasteiger partial charge is 0.506 e. The van der Waals surface area contributed by atoms with Gasteiger partial charge in [-0.05, 0) is 96.7 Å². The molecule has 0 atom stereocenters. The summed E-state index contributed by atoms with van der Waals surface area (Å²) in [5.74, 6) is 2.53. The van der Waals surface area contributed by atoms with E-state index in [2.05, 4.69) is 49.2 Å². The molecule has 0 amide bonds. The van der Waals surface area contributed by atoms with E-state index in [9.17, 15) is 9.90 Å². The molecular weight excluding hydrogens is 518 g/mol. The van der Waals surface area contributed by atoms with Crippen molar-refractivity contribution in [2.24, 2.45) is 17.8 Å².